The summed E-state index contributed by atoms with van der Waals surface area (Å²) < 4.78 is 1.01. The zero-order chi connectivity index (χ0) is 24.0. The number of aromatic nitrogens is 1. The minimum Gasteiger partial charge on any atom is -0.389 e. The van der Waals surface area contributed by atoms with Gasteiger partial charge in [0.05, 0.1) is 16.3 Å². The number of Topliss-reactive ketones (excluding diaryl/α,β-unsaturated/α-hetero) is 1. The molecule has 10 heteroatoms. The third-order valence-corrected chi connectivity index (χ3v) is 8.58. The van der Waals surface area contributed by atoms with Crippen molar-refractivity contribution in [1.82, 2.24) is 20.5 Å². The van der Waals surface area contributed by atoms with Crippen molar-refractivity contribution >= 4 is 45.1 Å². The number of thiophene rings is 1. The number of ketones is 1. The molecule has 34 heavy (non-hydrogen) atoms. The minimum atomic E-state index is -0.956. The molecule has 9 nitrogen and oxygen atoms in total. The van der Waals surface area contributed by atoms with Gasteiger partial charge in [-0.2, -0.15) is 0 Å². The second-order valence-corrected chi connectivity index (χ2v) is 11.0. The van der Waals surface area contributed by atoms with E-state index in [0.717, 1.165) is 40.8 Å². The van der Waals surface area contributed by atoms with Crippen molar-refractivity contribution in [2.45, 2.75) is 63.6 Å². The zero-order valence-corrected chi connectivity index (χ0v) is 20.0. The fourth-order valence-corrected chi connectivity index (χ4v) is 6.80. The van der Waals surface area contributed by atoms with Crippen molar-refractivity contribution in [1.29, 1.82) is 0 Å². The molecule has 182 valence electrons. The number of rotatable bonds is 7. The highest BCUT2D eigenvalue weighted by Crippen LogP contribution is 2.41. The van der Waals surface area contributed by atoms with Crippen molar-refractivity contribution < 1.29 is 24.3 Å². The van der Waals surface area contributed by atoms with Gasteiger partial charge in [-0.25, -0.2) is 0 Å². The predicted molar refractivity (Wildman–Crippen MR) is 126 cm³/mol. The summed E-state index contributed by atoms with van der Waals surface area (Å²) in [6, 6.07) is 2.21. The number of carbonyl (C=O) groups excluding carboxylic acids is 4. The Morgan fingerprint density at radius 1 is 1.21 bits per heavy atom. The van der Waals surface area contributed by atoms with Gasteiger partial charge < -0.3 is 25.6 Å². The van der Waals surface area contributed by atoms with Gasteiger partial charge in [0, 0.05) is 23.4 Å². The topological polar surface area (TPSA) is 132 Å². The SMILES string of the molecule is Cc1cc2[nH]c(C(=O)N3C4CCC(CC4)[C@H]3C(=O)N[C@@H](C[C@H]3CCNC3=O)C(=O)CO)cc2s1. The Morgan fingerprint density at radius 2 is 1.97 bits per heavy atom. The highest BCUT2D eigenvalue weighted by atomic mass is 32.1. The Labute approximate surface area is 201 Å². The fraction of sp³-hybridized carbons (Fsp3) is 0.583. The van der Waals surface area contributed by atoms with Crippen LogP contribution in [0.2, 0.25) is 0 Å². The van der Waals surface area contributed by atoms with E-state index in [1.54, 1.807) is 16.2 Å². The van der Waals surface area contributed by atoms with E-state index in [1.807, 2.05) is 19.1 Å². The van der Waals surface area contributed by atoms with Crippen molar-refractivity contribution in [3.05, 3.63) is 22.7 Å². The largest absolute Gasteiger partial charge is 0.389 e. The van der Waals surface area contributed by atoms with Gasteiger partial charge in [-0.05, 0) is 63.5 Å². The standard InChI is InChI=1S/C24H30N4O5S/c1-12-8-17-20(34-12)10-18(26-17)24(33)28-15-4-2-13(3-5-15)21(28)23(32)27-16(19(30)11-29)9-14-6-7-25-22(14)31/h8,10,13-16,21,26,29H,2-7,9,11H2,1H3,(H,25,31)(H,27,32)/t13?,14-,15?,16+,21+/m1/s1. The van der Waals surface area contributed by atoms with Crippen LogP contribution in [0.25, 0.3) is 10.2 Å². The van der Waals surface area contributed by atoms with Gasteiger partial charge in [-0.1, -0.05) is 0 Å². The summed E-state index contributed by atoms with van der Waals surface area (Å²) in [5.74, 6) is -1.59. The number of aromatic amines is 1. The molecular weight excluding hydrogens is 456 g/mol. The Kier molecular flexibility index (Phi) is 6.20. The third-order valence-electron chi connectivity index (χ3n) is 7.59. The summed E-state index contributed by atoms with van der Waals surface area (Å²) in [5.41, 5.74) is 1.38. The van der Waals surface area contributed by atoms with Gasteiger partial charge in [-0.15, -0.1) is 11.3 Å². The maximum Gasteiger partial charge on any atom is 0.271 e. The van der Waals surface area contributed by atoms with Crippen LogP contribution in [0.4, 0.5) is 0 Å². The summed E-state index contributed by atoms with van der Waals surface area (Å²) in [6.45, 7) is 1.85. The number of aliphatic hydroxyl groups is 1. The quantitative estimate of drug-likeness (QED) is 0.471. The van der Waals surface area contributed by atoms with Crippen molar-refractivity contribution in [3.63, 3.8) is 0 Å². The monoisotopic (exact) mass is 486 g/mol. The molecule has 3 saturated heterocycles. The highest BCUT2D eigenvalue weighted by Gasteiger charge is 2.48. The minimum absolute atomic E-state index is 0.0203. The Bertz CT molecular complexity index is 1100. The molecule has 5 heterocycles. The van der Waals surface area contributed by atoms with Crippen LogP contribution in [-0.4, -0.2) is 69.8 Å². The van der Waals surface area contributed by atoms with Gasteiger partial charge in [-0.3, -0.25) is 19.2 Å². The smallest absolute Gasteiger partial charge is 0.271 e. The average molecular weight is 487 g/mol. The molecule has 0 radical (unpaired) electrons. The molecule has 0 unspecified atom stereocenters. The number of aryl methyl sites for hydroxylation is 1. The van der Waals surface area contributed by atoms with Gasteiger partial charge >= 0.3 is 0 Å². The predicted octanol–water partition coefficient (Wildman–Crippen LogP) is 1.49. The molecular formula is C24H30N4O5S. The van der Waals surface area contributed by atoms with Crippen LogP contribution in [0.15, 0.2) is 12.1 Å². The number of nitrogens with one attached hydrogen (secondary N) is 3. The Morgan fingerprint density at radius 3 is 2.62 bits per heavy atom. The van der Waals surface area contributed by atoms with E-state index in [1.165, 1.54) is 0 Å². The number of hydrogen-bond donors (Lipinski definition) is 4. The molecule has 4 N–H and O–H groups in total. The molecule has 0 spiro atoms. The van der Waals surface area contributed by atoms with Crippen molar-refractivity contribution in [2.24, 2.45) is 11.8 Å². The molecule has 6 rings (SSSR count). The average Bonchev–Trinajstić information content (AvgIpc) is 3.52. The Hall–Kier alpha value is -2.72. The van der Waals surface area contributed by atoms with Crippen LogP contribution in [-0.2, 0) is 14.4 Å². The van der Waals surface area contributed by atoms with Crippen LogP contribution in [0, 0.1) is 18.8 Å². The number of nitrogens with zero attached hydrogens (tertiary/aromatic N) is 1. The van der Waals surface area contributed by atoms with Crippen LogP contribution in [0.3, 0.4) is 0 Å². The number of piperidine rings is 2. The molecule has 1 aliphatic carbocycles. The second-order valence-electron chi connectivity index (χ2n) is 9.74. The molecule has 0 aromatic carbocycles. The van der Waals surface area contributed by atoms with Crippen LogP contribution in [0.1, 0.15) is 53.9 Å². The lowest BCUT2D eigenvalue weighted by Gasteiger charge is -2.50. The first-order valence-electron chi connectivity index (χ1n) is 12.0. The fourth-order valence-electron chi connectivity index (χ4n) is 5.88. The Balaban J connectivity index is 1.38. The van der Waals surface area contributed by atoms with Crippen LogP contribution in [0.5, 0.6) is 0 Å². The number of fused-ring (bicyclic) bond motifs is 4. The van der Waals surface area contributed by atoms with E-state index in [9.17, 15) is 24.3 Å². The first kappa shape index (κ1) is 23.0. The van der Waals surface area contributed by atoms with E-state index in [-0.39, 0.29) is 42.0 Å². The molecule has 3 amide bonds. The van der Waals surface area contributed by atoms with Gasteiger partial charge in [0.25, 0.3) is 5.91 Å². The number of carbonyl (C=O) groups is 4. The molecule has 4 fully saturated rings. The van der Waals surface area contributed by atoms with Crippen LogP contribution < -0.4 is 10.6 Å². The van der Waals surface area contributed by atoms with Gasteiger partial charge in [0.2, 0.25) is 11.8 Å². The molecule has 2 aromatic heterocycles. The molecule has 1 saturated carbocycles. The normalized spacial score (nSPS) is 27.1. The first-order valence-corrected chi connectivity index (χ1v) is 12.8. The molecule has 3 aliphatic heterocycles. The number of H-pyrrole nitrogens is 1. The van der Waals surface area contributed by atoms with Crippen molar-refractivity contribution in [2.75, 3.05) is 13.2 Å². The number of hydrogen-bond acceptors (Lipinski definition) is 6. The highest BCUT2D eigenvalue weighted by molar-refractivity contribution is 7.19. The summed E-state index contributed by atoms with van der Waals surface area (Å²) >= 11 is 1.61. The molecule has 2 aromatic rings. The van der Waals surface area contributed by atoms with Gasteiger partial charge in [0.15, 0.2) is 5.78 Å². The number of amides is 3. The summed E-state index contributed by atoms with van der Waals surface area (Å²) in [4.78, 5) is 57.7. The van der Waals surface area contributed by atoms with Crippen molar-refractivity contribution in [3.8, 4) is 0 Å². The number of aliphatic hydroxyl groups excluding tert-OH is 1. The third kappa shape index (κ3) is 4.13. The van der Waals surface area contributed by atoms with E-state index in [0.29, 0.717) is 18.7 Å². The van der Waals surface area contributed by atoms with E-state index in [2.05, 4.69) is 15.6 Å². The lowest BCUT2D eigenvalue weighted by atomic mass is 9.74. The maximum absolute atomic E-state index is 13.6. The maximum atomic E-state index is 13.6. The lowest BCUT2D eigenvalue weighted by molar-refractivity contribution is -0.137. The summed E-state index contributed by atoms with van der Waals surface area (Å²) in [5, 5.41) is 15.0. The van der Waals surface area contributed by atoms with E-state index < -0.39 is 24.5 Å². The lowest BCUT2D eigenvalue weighted by Crippen LogP contribution is -2.64. The van der Waals surface area contributed by atoms with E-state index in [4.69, 9.17) is 0 Å². The summed E-state index contributed by atoms with van der Waals surface area (Å²) in [6.07, 6.45) is 4.17. The van der Waals surface area contributed by atoms with Gasteiger partial charge in [0.1, 0.15) is 18.3 Å². The van der Waals surface area contributed by atoms with E-state index >= 15 is 0 Å². The molecule has 3 atom stereocenters. The van der Waals surface area contributed by atoms with Crippen LogP contribution >= 0.6 is 11.3 Å². The molecule has 4 aliphatic rings. The summed E-state index contributed by atoms with van der Waals surface area (Å²) in [7, 11) is 0. The molecule has 2 bridgehead atoms. The second kappa shape index (κ2) is 9.14. The zero-order valence-electron chi connectivity index (χ0n) is 19.1. The first-order chi connectivity index (χ1) is 16.4.